The highest BCUT2D eigenvalue weighted by Crippen LogP contribution is 2.51. The number of carbonyl (C=O) groups is 1. The Morgan fingerprint density at radius 3 is 2.86 bits per heavy atom. The topological polar surface area (TPSA) is 70.6 Å². The minimum Gasteiger partial charge on any atom is -0.508 e. The SMILES string of the molecule is O=C(NCC1CCCO1)c1cccc2c1NC(c1ccccc1O)C1CC=CC21. The summed E-state index contributed by atoms with van der Waals surface area (Å²) in [7, 11) is 0. The zero-order valence-corrected chi connectivity index (χ0v) is 16.3. The largest absolute Gasteiger partial charge is 0.508 e. The molecule has 5 rings (SSSR count). The van der Waals surface area contributed by atoms with Gasteiger partial charge < -0.3 is 20.5 Å². The molecule has 1 fully saturated rings. The number of fused-ring (bicyclic) bond motifs is 3. The Morgan fingerprint density at radius 2 is 2.03 bits per heavy atom. The highest BCUT2D eigenvalue weighted by molar-refractivity contribution is 6.00. The molecule has 1 aliphatic carbocycles. The van der Waals surface area contributed by atoms with Crippen LogP contribution >= 0.6 is 0 Å². The lowest BCUT2D eigenvalue weighted by atomic mass is 9.76. The van der Waals surface area contributed by atoms with Gasteiger partial charge in [0.25, 0.3) is 5.91 Å². The number of anilines is 1. The number of allylic oxidation sites excluding steroid dienone is 2. The van der Waals surface area contributed by atoms with E-state index in [0.717, 1.165) is 42.7 Å². The monoisotopic (exact) mass is 390 g/mol. The number of carbonyl (C=O) groups excluding carboxylic acids is 1. The number of hydrogen-bond acceptors (Lipinski definition) is 4. The summed E-state index contributed by atoms with van der Waals surface area (Å²) in [4.78, 5) is 13.0. The van der Waals surface area contributed by atoms with E-state index in [2.05, 4.69) is 28.9 Å². The average Bonchev–Trinajstić information content (AvgIpc) is 3.43. The molecule has 150 valence electrons. The quantitative estimate of drug-likeness (QED) is 0.687. The highest BCUT2D eigenvalue weighted by Gasteiger charge is 2.40. The molecule has 29 heavy (non-hydrogen) atoms. The fraction of sp³-hybridized carbons (Fsp3) is 0.375. The molecule has 4 unspecified atom stereocenters. The number of rotatable bonds is 4. The maximum Gasteiger partial charge on any atom is 0.253 e. The van der Waals surface area contributed by atoms with Gasteiger partial charge in [-0.15, -0.1) is 0 Å². The van der Waals surface area contributed by atoms with E-state index in [1.807, 2.05) is 30.3 Å². The van der Waals surface area contributed by atoms with E-state index in [4.69, 9.17) is 4.74 Å². The molecule has 0 radical (unpaired) electrons. The average molecular weight is 390 g/mol. The molecule has 0 saturated carbocycles. The van der Waals surface area contributed by atoms with Crippen LogP contribution in [0.1, 0.15) is 52.7 Å². The molecule has 3 N–H and O–H groups in total. The molecule has 2 aromatic carbocycles. The number of phenolic OH excluding ortho intramolecular Hbond substituents is 1. The molecule has 5 nitrogen and oxygen atoms in total. The number of hydrogen-bond donors (Lipinski definition) is 3. The predicted octanol–water partition coefficient (Wildman–Crippen LogP) is 4.13. The molecule has 2 aromatic rings. The van der Waals surface area contributed by atoms with Gasteiger partial charge in [0.1, 0.15) is 5.75 Å². The Bertz CT molecular complexity index is 949. The van der Waals surface area contributed by atoms with Crippen LogP contribution in [0.4, 0.5) is 5.69 Å². The van der Waals surface area contributed by atoms with Crippen LogP contribution in [-0.2, 0) is 4.74 Å². The Balaban J connectivity index is 1.47. The van der Waals surface area contributed by atoms with Gasteiger partial charge in [0, 0.05) is 24.6 Å². The van der Waals surface area contributed by atoms with Crippen molar-refractivity contribution in [2.45, 2.75) is 37.3 Å². The summed E-state index contributed by atoms with van der Waals surface area (Å²) in [5.41, 5.74) is 3.56. The van der Waals surface area contributed by atoms with Crippen molar-refractivity contribution >= 4 is 11.6 Å². The third-order valence-electron chi connectivity index (χ3n) is 6.43. The van der Waals surface area contributed by atoms with E-state index in [1.54, 1.807) is 6.07 Å². The third-order valence-corrected chi connectivity index (χ3v) is 6.43. The van der Waals surface area contributed by atoms with Crippen LogP contribution in [0, 0.1) is 5.92 Å². The number of amides is 1. The number of para-hydroxylation sites is 2. The smallest absolute Gasteiger partial charge is 0.253 e. The second-order valence-electron chi connectivity index (χ2n) is 8.15. The molecule has 5 heteroatoms. The first-order valence-corrected chi connectivity index (χ1v) is 10.5. The second kappa shape index (κ2) is 7.56. The predicted molar refractivity (Wildman–Crippen MR) is 112 cm³/mol. The molecule has 2 heterocycles. The molecule has 0 aromatic heterocycles. The summed E-state index contributed by atoms with van der Waals surface area (Å²) < 4.78 is 5.63. The molecule has 4 atom stereocenters. The standard InChI is InChI=1S/C24H26N2O3/c27-21-12-2-1-7-19(21)22-17-9-3-8-16(17)18-10-4-11-20(23(18)26-22)24(28)25-14-15-6-5-13-29-15/h1-4,7-8,10-12,15-17,22,26-27H,5-6,9,13-14H2,(H,25,28). The van der Waals surface area contributed by atoms with Gasteiger partial charge in [0.05, 0.1) is 23.4 Å². The van der Waals surface area contributed by atoms with Gasteiger partial charge in [0.2, 0.25) is 0 Å². The maximum absolute atomic E-state index is 13.0. The minimum absolute atomic E-state index is 0.0455. The number of ether oxygens (including phenoxy) is 1. The zero-order valence-electron chi connectivity index (χ0n) is 16.3. The first-order chi connectivity index (χ1) is 14.2. The fourth-order valence-electron chi connectivity index (χ4n) is 4.98. The van der Waals surface area contributed by atoms with Crippen LogP contribution in [0.25, 0.3) is 0 Å². The summed E-state index contributed by atoms with van der Waals surface area (Å²) in [5.74, 6) is 0.767. The third kappa shape index (κ3) is 3.29. The Kier molecular flexibility index (Phi) is 4.76. The van der Waals surface area contributed by atoms with Crippen LogP contribution in [0.2, 0.25) is 0 Å². The van der Waals surface area contributed by atoms with Crippen LogP contribution in [0.15, 0.2) is 54.6 Å². The summed E-state index contributed by atoms with van der Waals surface area (Å²) in [6, 6.07) is 13.4. The number of phenols is 1. The van der Waals surface area contributed by atoms with E-state index in [0.29, 0.717) is 23.8 Å². The van der Waals surface area contributed by atoms with Crippen LogP contribution in [-0.4, -0.2) is 30.3 Å². The van der Waals surface area contributed by atoms with Gasteiger partial charge >= 0.3 is 0 Å². The summed E-state index contributed by atoms with van der Waals surface area (Å²) >= 11 is 0. The normalized spacial score (nSPS) is 27.2. The van der Waals surface area contributed by atoms with Crippen molar-refractivity contribution in [2.75, 3.05) is 18.5 Å². The van der Waals surface area contributed by atoms with Gasteiger partial charge in [-0.25, -0.2) is 0 Å². The number of nitrogens with one attached hydrogen (secondary N) is 2. The lowest BCUT2D eigenvalue weighted by Gasteiger charge is -2.38. The highest BCUT2D eigenvalue weighted by atomic mass is 16.5. The van der Waals surface area contributed by atoms with Crippen LogP contribution in [0.5, 0.6) is 5.75 Å². The van der Waals surface area contributed by atoms with Crippen molar-refractivity contribution in [1.82, 2.24) is 5.32 Å². The molecule has 1 amide bonds. The minimum atomic E-state index is -0.0821. The molecule has 0 bridgehead atoms. The molecule has 2 aliphatic heterocycles. The fourth-order valence-corrected chi connectivity index (χ4v) is 4.98. The first kappa shape index (κ1) is 18.3. The van der Waals surface area contributed by atoms with Crippen molar-refractivity contribution in [2.24, 2.45) is 5.92 Å². The second-order valence-corrected chi connectivity index (χ2v) is 8.15. The molecule has 3 aliphatic rings. The zero-order chi connectivity index (χ0) is 19.8. The van der Waals surface area contributed by atoms with Crippen molar-refractivity contribution in [3.05, 3.63) is 71.3 Å². The molecular weight excluding hydrogens is 364 g/mol. The lowest BCUT2D eigenvalue weighted by molar-refractivity contribution is 0.0858. The van der Waals surface area contributed by atoms with Crippen molar-refractivity contribution in [3.8, 4) is 5.75 Å². The van der Waals surface area contributed by atoms with Crippen molar-refractivity contribution < 1.29 is 14.6 Å². The van der Waals surface area contributed by atoms with Crippen LogP contribution in [0.3, 0.4) is 0 Å². The summed E-state index contributed by atoms with van der Waals surface area (Å²) in [6.45, 7) is 1.32. The Hall–Kier alpha value is -2.79. The Morgan fingerprint density at radius 1 is 1.17 bits per heavy atom. The van der Waals surface area contributed by atoms with Crippen LogP contribution < -0.4 is 10.6 Å². The van der Waals surface area contributed by atoms with E-state index in [-0.39, 0.29) is 24.0 Å². The van der Waals surface area contributed by atoms with E-state index < -0.39 is 0 Å². The number of aromatic hydroxyl groups is 1. The van der Waals surface area contributed by atoms with Gasteiger partial charge in [-0.3, -0.25) is 4.79 Å². The van der Waals surface area contributed by atoms with Gasteiger partial charge in [0.15, 0.2) is 0 Å². The van der Waals surface area contributed by atoms with E-state index in [1.165, 1.54) is 0 Å². The van der Waals surface area contributed by atoms with E-state index in [9.17, 15) is 9.90 Å². The lowest BCUT2D eigenvalue weighted by Crippen LogP contribution is -2.34. The van der Waals surface area contributed by atoms with Gasteiger partial charge in [-0.2, -0.15) is 0 Å². The maximum atomic E-state index is 13.0. The first-order valence-electron chi connectivity index (χ1n) is 10.5. The van der Waals surface area contributed by atoms with Gasteiger partial charge in [-0.1, -0.05) is 42.5 Å². The molecule has 0 spiro atoms. The van der Waals surface area contributed by atoms with Crippen molar-refractivity contribution in [3.63, 3.8) is 0 Å². The molecule has 1 saturated heterocycles. The summed E-state index contributed by atoms with van der Waals surface area (Å²) in [6.07, 6.45) is 7.57. The molecular formula is C24H26N2O3. The Labute approximate surface area is 170 Å². The number of benzene rings is 2. The van der Waals surface area contributed by atoms with Crippen molar-refractivity contribution in [1.29, 1.82) is 0 Å². The van der Waals surface area contributed by atoms with E-state index >= 15 is 0 Å². The summed E-state index contributed by atoms with van der Waals surface area (Å²) in [5, 5.41) is 17.1. The van der Waals surface area contributed by atoms with Gasteiger partial charge in [-0.05, 0) is 42.9 Å².